The minimum Gasteiger partial charge on any atom is -0.495 e. The van der Waals surface area contributed by atoms with Gasteiger partial charge in [-0.25, -0.2) is 12.7 Å². The van der Waals surface area contributed by atoms with Crippen LogP contribution >= 0.6 is 0 Å². The molecule has 0 radical (unpaired) electrons. The highest BCUT2D eigenvalue weighted by molar-refractivity contribution is 7.89. The Labute approximate surface area is 188 Å². The lowest BCUT2D eigenvalue weighted by Crippen LogP contribution is -2.36. The fraction of sp³-hybridized carbons (Fsp3) is 0.417. The summed E-state index contributed by atoms with van der Waals surface area (Å²) in [4.78, 5) is 25.3. The molecule has 2 amide bonds. The van der Waals surface area contributed by atoms with E-state index in [1.54, 1.807) is 6.07 Å². The summed E-state index contributed by atoms with van der Waals surface area (Å²) >= 11 is 0. The second-order valence-corrected chi connectivity index (χ2v) is 10.2. The molecule has 1 aliphatic heterocycles. The van der Waals surface area contributed by atoms with E-state index in [9.17, 15) is 18.0 Å². The molecule has 0 spiro atoms. The van der Waals surface area contributed by atoms with Crippen LogP contribution in [-0.2, 0) is 14.8 Å². The fourth-order valence-corrected chi connectivity index (χ4v) is 6.15. The number of benzene rings is 2. The first-order chi connectivity index (χ1) is 15.4. The van der Waals surface area contributed by atoms with E-state index in [4.69, 9.17) is 4.74 Å². The molecule has 7 nitrogen and oxygen atoms in total. The van der Waals surface area contributed by atoms with Crippen LogP contribution in [0, 0.1) is 0 Å². The molecule has 1 heterocycles. The first-order valence-electron chi connectivity index (χ1n) is 11.0. The molecule has 1 saturated heterocycles. The van der Waals surface area contributed by atoms with Gasteiger partial charge in [0, 0.05) is 30.5 Å². The Bertz CT molecular complexity index is 1090. The number of amides is 2. The van der Waals surface area contributed by atoms with Crippen LogP contribution in [-0.4, -0.2) is 44.2 Å². The van der Waals surface area contributed by atoms with E-state index in [1.165, 1.54) is 25.7 Å². The number of carbonyl (C=O) groups is 2. The van der Waals surface area contributed by atoms with Crippen molar-refractivity contribution in [1.82, 2.24) is 9.62 Å². The molecular weight excluding hydrogens is 428 g/mol. The molecule has 2 aliphatic rings. The molecule has 32 heavy (non-hydrogen) atoms. The Balaban J connectivity index is 1.60. The van der Waals surface area contributed by atoms with Crippen molar-refractivity contribution < 1.29 is 22.7 Å². The van der Waals surface area contributed by atoms with Gasteiger partial charge in [-0.05, 0) is 36.6 Å². The van der Waals surface area contributed by atoms with Gasteiger partial charge in [0.25, 0.3) is 15.9 Å². The summed E-state index contributed by atoms with van der Waals surface area (Å²) in [6.45, 7) is 0.0623. The van der Waals surface area contributed by atoms with Crippen LogP contribution in [0.1, 0.15) is 60.4 Å². The monoisotopic (exact) mass is 456 g/mol. The molecule has 8 heteroatoms. The van der Waals surface area contributed by atoms with Crippen LogP contribution < -0.4 is 10.1 Å². The molecule has 1 aliphatic carbocycles. The van der Waals surface area contributed by atoms with Gasteiger partial charge < -0.3 is 10.1 Å². The van der Waals surface area contributed by atoms with Crippen molar-refractivity contribution in [3.05, 3.63) is 59.7 Å². The Morgan fingerprint density at radius 1 is 1.06 bits per heavy atom. The molecule has 0 aromatic heterocycles. The SMILES string of the molecule is COc1ccc(C(=O)NC2CCCCC2)cc1S(=O)(=O)N1CC(c2ccccc2)CC1=O. The number of nitrogens with one attached hydrogen (secondary N) is 1. The van der Waals surface area contributed by atoms with Crippen molar-refractivity contribution in [2.24, 2.45) is 0 Å². The molecule has 1 N–H and O–H groups in total. The van der Waals surface area contributed by atoms with Gasteiger partial charge in [-0.2, -0.15) is 0 Å². The normalized spacial score (nSPS) is 19.7. The number of sulfonamides is 1. The first-order valence-corrected chi connectivity index (χ1v) is 12.4. The van der Waals surface area contributed by atoms with E-state index >= 15 is 0 Å². The lowest BCUT2D eigenvalue weighted by molar-refractivity contribution is -0.123. The number of rotatable bonds is 6. The van der Waals surface area contributed by atoms with Gasteiger partial charge in [0.05, 0.1) is 7.11 Å². The average molecular weight is 457 g/mol. The Morgan fingerprint density at radius 2 is 1.78 bits per heavy atom. The van der Waals surface area contributed by atoms with Crippen molar-refractivity contribution in [3.8, 4) is 5.75 Å². The zero-order valence-electron chi connectivity index (χ0n) is 18.1. The molecule has 1 atom stereocenters. The van der Waals surface area contributed by atoms with Crippen LogP contribution in [0.5, 0.6) is 5.75 Å². The molecule has 170 valence electrons. The average Bonchev–Trinajstić information content (AvgIpc) is 3.22. The highest BCUT2D eigenvalue weighted by atomic mass is 32.2. The summed E-state index contributed by atoms with van der Waals surface area (Å²) < 4.78 is 33.1. The van der Waals surface area contributed by atoms with E-state index in [0.29, 0.717) is 0 Å². The van der Waals surface area contributed by atoms with Crippen molar-refractivity contribution >= 4 is 21.8 Å². The van der Waals surface area contributed by atoms with Gasteiger partial charge >= 0.3 is 0 Å². The predicted molar refractivity (Wildman–Crippen MR) is 120 cm³/mol. The third-order valence-corrected chi connectivity index (χ3v) is 8.10. The summed E-state index contributed by atoms with van der Waals surface area (Å²) in [5.41, 5.74) is 1.16. The van der Waals surface area contributed by atoms with Crippen LogP contribution in [0.4, 0.5) is 0 Å². The maximum absolute atomic E-state index is 13.5. The molecule has 2 fully saturated rings. The fourth-order valence-electron chi connectivity index (χ4n) is 4.51. The Hall–Kier alpha value is -2.87. The predicted octanol–water partition coefficient (Wildman–Crippen LogP) is 3.46. The molecule has 4 rings (SSSR count). The summed E-state index contributed by atoms with van der Waals surface area (Å²) in [7, 11) is -2.81. The highest BCUT2D eigenvalue weighted by Crippen LogP contribution is 2.35. The molecule has 2 aromatic rings. The van der Waals surface area contributed by atoms with Gasteiger partial charge in [-0.3, -0.25) is 9.59 Å². The smallest absolute Gasteiger partial charge is 0.270 e. The van der Waals surface area contributed by atoms with Crippen LogP contribution in [0.25, 0.3) is 0 Å². The summed E-state index contributed by atoms with van der Waals surface area (Å²) in [5.74, 6) is -0.874. The Morgan fingerprint density at radius 3 is 2.47 bits per heavy atom. The molecular formula is C24H28N2O5S. The van der Waals surface area contributed by atoms with E-state index in [1.807, 2.05) is 30.3 Å². The first kappa shape index (κ1) is 22.3. The topological polar surface area (TPSA) is 92.8 Å². The minimum absolute atomic E-state index is 0.0623. The maximum Gasteiger partial charge on any atom is 0.270 e. The van der Waals surface area contributed by atoms with Crippen molar-refractivity contribution in [3.63, 3.8) is 0 Å². The van der Waals surface area contributed by atoms with E-state index in [2.05, 4.69) is 5.32 Å². The lowest BCUT2D eigenvalue weighted by atomic mass is 9.95. The van der Waals surface area contributed by atoms with Gasteiger partial charge in [0.1, 0.15) is 10.6 Å². The zero-order valence-corrected chi connectivity index (χ0v) is 18.9. The van der Waals surface area contributed by atoms with Crippen LogP contribution in [0.3, 0.4) is 0 Å². The quantitative estimate of drug-likeness (QED) is 0.719. The Kier molecular flexibility index (Phi) is 6.50. The van der Waals surface area contributed by atoms with E-state index in [-0.39, 0.29) is 47.0 Å². The van der Waals surface area contributed by atoms with Gasteiger partial charge in [0.2, 0.25) is 5.91 Å². The van der Waals surface area contributed by atoms with Crippen molar-refractivity contribution in [2.75, 3.05) is 13.7 Å². The maximum atomic E-state index is 13.5. The van der Waals surface area contributed by atoms with E-state index in [0.717, 1.165) is 35.6 Å². The zero-order chi connectivity index (χ0) is 22.7. The number of hydrogen-bond acceptors (Lipinski definition) is 5. The summed E-state index contributed by atoms with van der Waals surface area (Å²) in [6.07, 6.45) is 5.30. The summed E-state index contributed by atoms with van der Waals surface area (Å²) in [5, 5.41) is 3.00. The standard InChI is InChI=1S/C24H28N2O5S/c1-31-21-13-12-18(24(28)25-20-10-6-3-7-11-20)14-22(21)32(29,30)26-16-19(15-23(26)27)17-8-4-2-5-9-17/h2,4-5,8-9,12-14,19-20H,3,6-7,10-11,15-16H2,1H3,(H,25,28). The second-order valence-electron chi connectivity index (χ2n) is 8.42. The molecule has 1 unspecified atom stereocenters. The number of carbonyl (C=O) groups excluding carboxylic acids is 2. The number of methoxy groups -OCH3 is 1. The molecule has 0 bridgehead atoms. The minimum atomic E-state index is -4.18. The van der Waals surface area contributed by atoms with Crippen molar-refractivity contribution in [2.45, 2.75) is 55.4 Å². The van der Waals surface area contributed by atoms with Gasteiger partial charge in [-0.15, -0.1) is 0 Å². The van der Waals surface area contributed by atoms with Gasteiger partial charge in [-0.1, -0.05) is 49.6 Å². The number of ether oxygens (including phenoxy) is 1. The van der Waals surface area contributed by atoms with Gasteiger partial charge in [0.15, 0.2) is 0 Å². The van der Waals surface area contributed by atoms with Crippen LogP contribution in [0.2, 0.25) is 0 Å². The summed E-state index contributed by atoms with van der Waals surface area (Å²) in [6, 6.07) is 13.8. The highest BCUT2D eigenvalue weighted by Gasteiger charge is 2.40. The third kappa shape index (κ3) is 4.50. The third-order valence-electron chi connectivity index (χ3n) is 6.29. The number of nitrogens with zero attached hydrogens (tertiary/aromatic N) is 1. The second kappa shape index (κ2) is 9.32. The van der Waals surface area contributed by atoms with Crippen LogP contribution in [0.15, 0.2) is 53.4 Å². The molecule has 1 saturated carbocycles. The number of hydrogen-bond donors (Lipinski definition) is 1. The largest absolute Gasteiger partial charge is 0.495 e. The van der Waals surface area contributed by atoms with E-state index < -0.39 is 15.9 Å². The molecule has 2 aromatic carbocycles. The van der Waals surface area contributed by atoms with Crippen molar-refractivity contribution in [1.29, 1.82) is 0 Å². The lowest BCUT2D eigenvalue weighted by Gasteiger charge is -2.23.